The quantitative estimate of drug-likeness (QED) is 0.760. The number of aliphatic carboxylic acids is 2. The van der Waals surface area contributed by atoms with Crippen LogP contribution in [-0.4, -0.2) is 46.0 Å². The Morgan fingerprint density at radius 1 is 1.17 bits per heavy atom. The van der Waals surface area contributed by atoms with Crippen molar-refractivity contribution >= 4 is 17.8 Å². The molecular weight excluding hydrogens is 238 g/mol. The lowest BCUT2D eigenvalue weighted by atomic mass is 9.81. The van der Waals surface area contributed by atoms with E-state index >= 15 is 0 Å². The van der Waals surface area contributed by atoms with E-state index in [9.17, 15) is 14.4 Å². The minimum absolute atomic E-state index is 0.188. The molecule has 0 spiro atoms. The number of carboxylic acids is 2. The van der Waals surface area contributed by atoms with Crippen molar-refractivity contribution in [2.75, 3.05) is 13.1 Å². The van der Waals surface area contributed by atoms with Crippen molar-refractivity contribution in [3.8, 4) is 0 Å². The van der Waals surface area contributed by atoms with Crippen LogP contribution in [0.1, 0.15) is 33.1 Å². The number of nitrogens with zero attached hydrogens (tertiary/aromatic N) is 1. The molecule has 18 heavy (non-hydrogen) atoms. The summed E-state index contributed by atoms with van der Waals surface area (Å²) in [7, 11) is 0. The van der Waals surface area contributed by atoms with Gasteiger partial charge in [-0.25, -0.2) is 0 Å². The van der Waals surface area contributed by atoms with E-state index in [1.165, 1.54) is 0 Å². The van der Waals surface area contributed by atoms with Crippen molar-refractivity contribution in [3.05, 3.63) is 0 Å². The number of carboxylic acid groups (broad SMARTS) is 2. The van der Waals surface area contributed by atoms with Gasteiger partial charge in [0.1, 0.15) is 13.1 Å². The van der Waals surface area contributed by atoms with E-state index in [0.29, 0.717) is 6.42 Å². The highest BCUT2D eigenvalue weighted by atomic mass is 16.4. The van der Waals surface area contributed by atoms with Gasteiger partial charge in [0.25, 0.3) is 0 Å². The van der Waals surface area contributed by atoms with Gasteiger partial charge >= 0.3 is 11.9 Å². The molecule has 1 fully saturated rings. The zero-order valence-electron chi connectivity index (χ0n) is 10.7. The van der Waals surface area contributed by atoms with Gasteiger partial charge in [0, 0.05) is 5.92 Å². The topological polar surface area (TPSA) is 94.9 Å². The third kappa shape index (κ3) is 3.45. The van der Waals surface area contributed by atoms with Crippen molar-refractivity contribution in [1.29, 1.82) is 0 Å². The van der Waals surface area contributed by atoms with Gasteiger partial charge in [-0.3, -0.25) is 14.4 Å². The zero-order chi connectivity index (χ0) is 13.9. The summed E-state index contributed by atoms with van der Waals surface area (Å²) < 4.78 is 0. The molecular formula is C12H19NO5. The lowest BCUT2D eigenvalue weighted by molar-refractivity contribution is -0.152. The first kappa shape index (κ1) is 14.5. The minimum Gasteiger partial charge on any atom is -0.480 e. The predicted molar refractivity (Wildman–Crippen MR) is 63.0 cm³/mol. The summed E-state index contributed by atoms with van der Waals surface area (Å²) in [6, 6.07) is 0. The number of rotatable bonds is 5. The van der Waals surface area contributed by atoms with E-state index in [1.54, 1.807) is 0 Å². The summed E-state index contributed by atoms with van der Waals surface area (Å²) in [5.74, 6) is -3.03. The Bertz CT molecular complexity index is 347. The Hall–Kier alpha value is -1.59. The molecule has 6 heteroatoms. The monoisotopic (exact) mass is 257 g/mol. The molecule has 0 aromatic heterocycles. The summed E-state index contributed by atoms with van der Waals surface area (Å²) in [5, 5.41) is 17.5. The zero-order valence-corrected chi connectivity index (χ0v) is 10.7. The maximum Gasteiger partial charge on any atom is 0.323 e. The second kappa shape index (κ2) is 5.37. The summed E-state index contributed by atoms with van der Waals surface area (Å²) in [5.41, 5.74) is -0.188. The summed E-state index contributed by atoms with van der Waals surface area (Å²) >= 11 is 0. The molecule has 1 atom stereocenters. The summed E-state index contributed by atoms with van der Waals surface area (Å²) in [6.07, 6.45) is 2.51. The van der Waals surface area contributed by atoms with Crippen molar-refractivity contribution in [2.45, 2.75) is 33.1 Å². The second-order valence-corrected chi connectivity index (χ2v) is 5.42. The van der Waals surface area contributed by atoms with E-state index in [1.807, 2.05) is 13.8 Å². The van der Waals surface area contributed by atoms with E-state index in [0.717, 1.165) is 17.7 Å². The van der Waals surface area contributed by atoms with Crippen LogP contribution in [0.15, 0.2) is 0 Å². The molecule has 2 N–H and O–H groups in total. The van der Waals surface area contributed by atoms with Crippen LogP contribution < -0.4 is 0 Å². The van der Waals surface area contributed by atoms with E-state index in [2.05, 4.69) is 0 Å². The van der Waals surface area contributed by atoms with Crippen LogP contribution in [-0.2, 0) is 14.4 Å². The number of amides is 1. The normalized spacial score (nSPS) is 21.6. The Labute approximate surface area is 106 Å². The lowest BCUT2D eigenvalue weighted by Gasteiger charge is -2.30. The van der Waals surface area contributed by atoms with Crippen LogP contribution in [0, 0.1) is 11.3 Å². The van der Waals surface area contributed by atoms with Crippen LogP contribution in [0.4, 0.5) is 0 Å². The van der Waals surface area contributed by atoms with Gasteiger partial charge in [-0.2, -0.15) is 0 Å². The highest BCUT2D eigenvalue weighted by Crippen LogP contribution is 2.43. The lowest BCUT2D eigenvalue weighted by Crippen LogP contribution is -2.45. The molecule has 1 rings (SSSR count). The molecule has 0 heterocycles. The van der Waals surface area contributed by atoms with Crippen LogP contribution in [0.5, 0.6) is 0 Å². The first-order valence-corrected chi connectivity index (χ1v) is 5.96. The second-order valence-electron chi connectivity index (χ2n) is 5.42. The highest BCUT2D eigenvalue weighted by molar-refractivity contribution is 5.87. The Balaban J connectivity index is 2.81. The van der Waals surface area contributed by atoms with Crippen molar-refractivity contribution in [1.82, 2.24) is 4.90 Å². The Kier molecular flexibility index (Phi) is 4.32. The largest absolute Gasteiger partial charge is 0.480 e. The van der Waals surface area contributed by atoms with Gasteiger partial charge in [-0.15, -0.1) is 0 Å². The molecule has 0 radical (unpaired) electrons. The number of hydrogen-bond acceptors (Lipinski definition) is 3. The minimum atomic E-state index is -1.19. The van der Waals surface area contributed by atoms with Crippen LogP contribution >= 0.6 is 0 Å². The standard InChI is InChI=1S/C12H19NO5/c1-12(2)5-3-4-8(12)11(18)13(6-9(14)15)7-10(16)17/h8H,3-7H2,1-2H3,(H,14,15)(H,16,17). The number of hydrogen-bond donors (Lipinski definition) is 2. The van der Waals surface area contributed by atoms with Crippen LogP contribution in [0.2, 0.25) is 0 Å². The molecule has 0 saturated heterocycles. The summed E-state index contributed by atoms with van der Waals surface area (Å²) in [4.78, 5) is 34.5. The average molecular weight is 257 g/mol. The van der Waals surface area contributed by atoms with E-state index < -0.39 is 25.0 Å². The molecule has 1 amide bonds. The van der Waals surface area contributed by atoms with Gasteiger partial charge in [0.05, 0.1) is 0 Å². The van der Waals surface area contributed by atoms with Gasteiger partial charge < -0.3 is 15.1 Å². The molecule has 6 nitrogen and oxygen atoms in total. The van der Waals surface area contributed by atoms with Crippen LogP contribution in [0.25, 0.3) is 0 Å². The summed E-state index contributed by atoms with van der Waals surface area (Å²) in [6.45, 7) is 2.81. The third-order valence-electron chi connectivity index (χ3n) is 3.52. The van der Waals surface area contributed by atoms with Crippen LogP contribution in [0.3, 0.4) is 0 Å². The van der Waals surface area contributed by atoms with Crippen molar-refractivity contribution in [2.24, 2.45) is 11.3 Å². The van der Waals surface area contributed by atoms with Crippen molar-refractivity contribution in [3.63, 3.8) is 0 Å². The van der Waals surface area contributed by atoms with Gasteiger partial charge in [0.2, 0.25) is 5.91 Å². The smallest absolute Gasteiger partial charge is 0.323 e. The third-order valence-corrected chi connectivity index (χ3v) is 3.52. The Morgan fingerprint density at radius 2 is 1.67 bits per heavy atom. The van der Waals surface area contributed by atoms with Gasteiger partial charge in [0.15, 0.2) is 0 Å². The molecule has 102 valence electrons. The number of carbonyl (C=O) groups excluding carboxylic acids is 1. The maximum absolute atomic E-state index is 12.2. The molecule has 1 aliphatic rings. The van der Waals surface area contributed by atoms with Gasteiger partial charge in [-0.05, 0) is 18.3 Å². The molecule has 0 aromatic rings. The molecule has 1 saturated carbocycles. The maximum atomic E-state index is 12.2. The Morgan fingerprint density at radius 3 is 2.00 bits per heavy atom. The fourth-order valence-electron chi connectivity index (χ4n) is 2.54. The molecule has 0 bridgehead atoms. The molecule has 1 aliphatic carbocycles. The highest BCUT2D eigenvalue weighted by Gasteiger charge is 2.41. The first-order valence-electron chi connectivity index (χ1n) is 5.96. The number of carbonyl (C=O) groups is 3. The fourth-order valence-corrected chi connectivity index (χ4v) is 2.54. The van der Waals surface area contributed by atoms with Crippen molar-refractivity contribution < 1.29 is 24.6 Å². The molecule has 1 unspecified atom stereocenters. The van der Waals surface area contributed by atoms with E-state index in [4.69, 9.17) is 10.2 Å². The fraction of sp³-hybridized carbons (Fsp3) is 0.750. The molecule has 0 aliphatic heterocycles. The SMILES string of the molecule is CC1(C)CCCC1C(=O)N(CC(=O)O)CC(=O)O. The predicted octanol–water partition coefficient (Wildman–Crippen LogP) is 0.810. The first-order chi connectivity index (χ1) is 8.24. The average Bonchev–Trinajstić information content (AvgIpc) is 2.54. The van der Waals surface area contributed by atoms with E-state index in [-0.39, 0.29) is 17.2 Å². The van der Waals surface area contributed by atoms with Gasteiger partial charge in [-0.1, -0.05) is 20.3 Å². The molecule has 0 aromatic carbocycles.